The van der Waals surface area contributed by atoms with Gasteiger partial charge in [0.2, 0.25) is 0 Å². The SMILES string of the molecule is c1ncc(OCc2cc3n(n2)CCC3)cn1. The van der Waals surface area contributed by atoms with Gasteiger partial charge in [0.05, 0.1) is 12.4 Å². The van der Waals surface area contributed by atoms with Gasteiger partial charge in [0.25, 0.3) is 0 Å². The molecule has 0 saturated carbocycles. The Hall–Kier alpha value is -1.91. The lowest BCUT2D eigenvalue weighted by atomic mass is 10.3. The maximum atomic E-state index is 5.53. The molecule has 16 heavy (non-hydrogen) atoms. The first-order chi connectivity index (χ1) is 7.92. The topological polar surface area (TPSA) is 52.8 Å². The normalized spacial score (nSPS) is 13.8. The van der Waals surface area contributed by atoms with Crippen molar-refractivity contribution in [1.29, 1.82) is 0 Å². The van der Waals surface area contributed by atoms with E-state index < -0.39 is 0 Å². The number of rotatable bonds is 3. The van der Waals surface area contributed by atoms with Gasteiger partial charge >= 0.3 is 0 Å². The van der Waals surface area contributed by atoms with Crippen molar-refractivity contribution in [2.24, 2.45) is 0 Å². The lowest BCUT2D eigenvalue weighted by molar-refractivity contribution is 0.297. The second-order valence-electron chi connectivity index (χ2n) is 3.82. The predicted octanol–water partition coefficient (Wildman–Crippen LogP) is 1.20. The highest BCUT2D eigenvalue weighted by molar-refractivity contribution is 5.15. The number of aromatic nitrogens is 4. The fourth-order valence-electron chi connectivity index (χ4n) is 1.91. The molecule has 5 heteroatoms. The molecule has 0 unspecified atom stereocenters. The minimum Gasteiger partial charge on any atom is -0.484 e. The molecule has 3 rings (SSSR count). The first-order valence-corrected chi connectivity index (χ1v) is 5.35. The van der Waals surface area contributed by atoms with Crippen molar-refractivity contribution in [3.8, 4) is 5.75 Å². The lowest BCUT2D eigenvalue weighted by Gasteiger charge is -2.01. The Bertz CT molecular complexity index is 458. The zero-order valence-electron chi connectivity index (χ0n) is 8.83. The summed E-state index contributed by atoms with van der Waals surface area (Å²) in [5.74, 6) is 0.677. The fourth-order valence-corrected chi connectivity index (χ4v) is 1.91. The summed E-state index contributed by atoms with van der Waals surface area (Å²) in [4.78, 5) is 7.77. The molecule has 0 fully saturated rings. The molecule has 82 valence electrons. The quantitative estimate of drug-likeness (QED) is 0.773. The Kier molecular flexibility index (Phi) is 2.29. The van der Waals surface area contributed by atoms with Crippen molar-refractivity contribution in [3.63, 3.8) is 0 Å². The van der Waals surface area contributed by atoms with Gasteiger partial charge in [-0.2, -0.15) is 5.10 Å². The first-order valence-electron chi connectivity index (χ1n) is 5.35. The molecule has 2 aromatic heterocycles. The highest BCUT2D eigenvalue weighted by Crippen LogP contribution is 2.16. The summed E-state index contributed by atoms with van der Waals surface area (Å²) < 4.78 is 7.58. The van der Waals surface area contributed by atoms with E-state index >= 15 is 0 Å². The van der Waals surface area contributed by atoms with Crippen LogP contribution in [0.1, 0.15) is 17.8 Å². The first kappa shape index (κ1) is 9.33. The van der Waals surface area contributed by atoms with Crippen LogP contribution in [0.3, 0.4) is 0 Å². The minimum atomic E-state index is 0.480. The van der Waals surface area contributed by atoms with E-state index in [0.717, 1.165) is 18.7 Å². The van der Waals surface area contributed by atoms with Crippen molar-refractivity contribution in [2.75, 3.05) is 0 Å². The number of fused-ring (bicyclic) bond motifs is 1. The molecule has 0 saturated heterocycles. The van der Waals surface area contributed by atoms with E-state index in [0.29, 0.717) is 12.4 Å². The van der Waals surface area contributed by atoms with E-state index in [-0.39, 0.29) is 0 Å². The molecule has 0 radical (unpaired) electrons. The van der Waals surface area contributed by atoms with Gasteiger partial charge in [0.15, 0.2) is 5.75 Å². The molecule has 1 aliphatic heterocycles. The minimum absolute atomic E-state index is 0.480. The van der Waals surface area contributed by atoms with Crippen molar-refractivity contribution in [1.82, 2.24) is 19.7 Å². The smallest absolute Gasteiger partial charge is 0.156 e. The third-order valence-corrected chi connectivity index (χ3v) is 2.64. The number of aryl methyl sites for hydroxylation is 2. The van der Waals surface area contributed by atoms with Gasteiger partial charge in [-0.05, 0) is 18.9 Å². The zero-order valence-corrected chi connectivity index (χ0v) is 8.83. The van der Waals surface area contributed by atoms with Gasteiger partial charge in [-0.15, -0.1) is 0 Å². The summed E-state index contributed by atoms with van der Waals surface area (Å²) >= 11 is 0. The standard InChI is InChI=1S/C11H12N4O/c1-2-10-4-9(14-15(10)3-1)7-16-11-5-12-8-13-6-11/h4-6,8H,1-3,7H2. The van der Waals surface area contributed by atoms with Crippen LogP contribution in [0.25, 0.3) is 0 Å². The van der Waals surface area contributed by atoms with Crippen LogP contribution >= 0.6 is 0 Å². The Balaban J connectivity index is 1.67. The summed E-state index contributed by atoms with van der Waals surface area (Å²) in [5.41, 5.74) is 2.28. The van der Waals surface area contributed by atoms with Gasteiger partial charge < -0.3 is 4.74 Å². The van der Waals surface area contributed by atoms with Crippen LogP contribution in [0.2, 0.25) is 0 Å². The monoisotopic (exact) mass is 216 g/mol. The van der Waals surface area contributed by atoms with Crippen LogP contribution in [0, 0.1) is 0 Å². The van der Waals surface area contributed by atoms with Crippen molar-refractivity contribution < 1.29 is 4.74 Å². The van der Waals surface area contributed by atoms with Gasteiger partial charge in [-0.25, -0.2) is 9.97 Å². The molecule has 0 aromatic carbocycles. The maximum absolute atomic E-state index is 5.53. The van der Waals surface area contributed by atoms with Crippen LogP contribution in [0.15, 0.2) is 24.8 Å². The zero-order chi connectivity index (χ0) is 10.8. The Morgan fingerprint density at radius 3 is 3.00 bits per heavy atom. The maximum Gasteiger partial charge on any atom is 0.156 e. The summed E-state index contributed by atoms with van der Waals surface area (Å²) in [6.07, 6.45) is 7.11. The molecule has 3 heterocycles. The second kappa shape index (κ2) is 3.92. The van der Waals surface area contributed by atoms with E-state index in [4.69, 9.17) is 4.74 Å². The average Bonchev–Trinajstić information content (AvgIpc) is 2.88. The summed E-state index contributed by atoms with van der Waals surface area (Å²) in [7, 11) is 0. The second-order valence-corrected chi connectivity index (χ2v) is 3.82. The van der Waals surface area contributed by atoms with Crippen LogP contribution in [-0.2, 0) is 19.6 Å². The number of hydrogen-bond donors (Lipinski definition) is 0. The van der Waals surface area contributed by atoms with Crippen LogP contribution < -0.4 is 4.74 Å². The summed E-state index contributed by atoms with van der Waals surface area (Å²) in [5, 5.41) is 4.46. The number of nitrogens with zero attached hydrogens (tertiary/aromatic N) is 4. The fraction of sp³-hybridized carbons (Fsp3) is 0.364. The van der Waals surface area contributed by atoms with Crippen molar-refractivity contribution in [3.05, 3.63) is 36.2 Å². The van der Waals surface area contributed by atoms with E-state index in [1.165, 1.54) is 18.4 Å². The highest BCUT2D eigenvalue weighted by Gasteiger charge is 2.13. The van der Waals surface area contributed by atoms with Gasteiger partial charge in [0, 0.05) is 12.2 Å². The van der Waals surface area contributed by atoms with Crippen molar-refractivity contribution >= 4 is 0 Å². The molecule has 5 nitrogen and oxygen atoms in total. The highest BCUT2D eigenvalue weighted by atomic mass is 16.5. The van der Waals surface area contributed by atoms with Crippen LogP contribution in [0.4, 0.5) is 0 Å². The van der Waals surface area contributed by atoms with E-state index in [1.54, 1.807) is 12.4 Å². The molecule has 0 bridgehead atoms. The third kappa shape index (κ3) is 1.76. The molecule has 0 atom stereocenters. The molecule has 0 amide bonds. The Labute approximate surface area is 93.1 Å². The van der Waals surface area contributed by atoms with Crippen LogP contribution in [0.5, 0.6) is 5.75 Å². The van der Waals surface area contributed by atoms with Gasteiger partial charge in [-0.3, -0.25) is 4.68 Å². The molecule has 0 N–H and O–H groups in total. The van der Waals surface area contributed by atoms with E-state index in [2.05, 4.69) is 25.8 Å². The van der Waals surface area contributed by atoms with Crippen molar-refractivity contribution in [2.45, 2.75) is 26.0 Å². The molecular weight excluding hydrogens is 204 g/mol. The number of hydrogen-bond acceptors (Lipinski definition) is 4. The molecular formula is C11H12N4O. The summed E-state index contributed by atoms with van der Waals surface area (Å²) in [6.45, 7) is 1.51. The molecule has 0 aliphatic carbocycles. The predicted molar refractivity (Wildman–Crippen MR) is 56.9 cm³/mol. The summed E-state index contributed by atoms with van der Waals surface area (Å²) in [6, 6.07) is 2.11. The van der Waals surface area contributed by atoms with Gasteiger partial charge in [0.1, 0.15) is 18.6 Å². The van der Waals surface area contributed by atoms with E-state index in [9.17, 15) is 0 Å². The van der Waals surface area contributed by atoms with E-state index in [1.807, 2.05) is 0 Å². The van der Waals surface area contributed by atoms with Crippen LogP contribution in [-0.4, -0.2) is 19.7 Å². The lowest BCUT2D eigenvalue weighted by Crippen LogP contribution is -2.00. The Morgan fingerprint density at radius 1 is 1.31 bits per heavy atom. The number of ether oxygens (including phenoxy) is 1. The third-order valence-electron chi connectivity index (χ3n) is 2.64. The molecule has 1 aliphatic rings. The molecule has 0 spiro atoms. The average molecular weight is 216 g/mol. The molecule has 2 aromatic rings. The largest absolute Gasteiger partial charge is 0.484 e. The Morgan fingerprint density at radius 2 is 2.19 bits per heavy atom. The van der Waals surface area contributed by atoms with Gasteiger partial charge in [-0.1, -0.05) is 0 Å².